The number of nitrogens with zero attached hydrogens (tertiary/aromatic N) is 2. The number of anilines is 3. The molecule has 1 aromatic heterocycles. The monoisotopic (exact) mass is 507 g/mol. The summed E-state index contributed by atoms with van der Waals surface area (Å²) in [5.74, 6) is 0.864. The van der Waals surface area contributed by atoms with E-state index in [1.807, 2.05) is 12.2 Å². The van der Waals surface area contributed by atoms with E-state index < -0.39 is 6.04 Å². The summed E-state index contributed by atoms with van der Waals surface area (Å²) in [6.45, 7) is 2.87. The Morgan fingerprint density at radius 1 is 1.41 bits per heavy atom. The SMILES string of the molecule is CCC(CC[NH3+])Nc1ncnc(N)c1C(=N)C1C=C(OC)C(NC(=O)[C@H]2Cc3cc(O)ccc3N2)=CC1. The largest absolute Gasteiger partial charge is 0.508 e. The topological polar surface area (TPSA) is 186 Å². The first-order valence-electron chi connectivity index (χ1n) is 12.4. The van der Waals surface area contributed by atoms with E-state index in [1.165, 1.54) is 13.4 Å². The number of hydrogen-bond acceptors (Lipinski definition) is 9. The number of methoxy groups -OCH3 is 1. The van der Waals surface area contributed by atoms with Crippen LogP contribution in [0.3, 0.4) is 0 Å². The zero-order valence-corrected chi connectivity index (χ0v) is 21.2. The smallest absolute Gasteiger partial charge is 0.247 e. The molecule has 1 aliphatic heterocycles. The third kappa shape index (κ3) is 5.67. The second-order valence-corrected chi connectivity index (χ2v) is 9.21. The number of aromatic hydroxyl groups is 1. The number of carbonyl (C=O) groups excluding carboxylic acids is 1. The highest BCUT2D eigenvalue weighted by molar-refractivity contribution is 6.08. The number of nitrogens with one attached hydrogen (secondary N) is 4. The van der Waals surface area contributed by atoms with Crippen molar-refractivity contribution in [2.75, 3.05) is 30.0 Å². The van der Waals surface area contributed by atoms with Crippen molar-refractivity contribution in [2.45, 2.75) is 44.7 Å². The molecular weight excluding hydrogens is 472 g/mol. The Balaban J connectivity index is 1.47. The molecule has 1 aromatic carbocycles. The summed E-state index contributed by atoms with van der Waals surface area (Å²) >= 11 is 0. The first kappa shape index (κ1) is 26.0. The molecule has 10 N–H and O–H groups in total. The minimum Gasteiger partial charge on any atom is -0.508 e. The Morgan fingerprint density at radius 2 is 2.22 bits per heavy atom. The van der Waals surface area contributed by atoms with Gasteiger partial charge in [0.25, 0.3) is 0 Å². The van der Waals surface area contributed by atoms with Crippen molar-refractivity contribution < 1.29 is 20.4 Å². The van der Waals surface area contributed by atoms with E-state index in [1.54, 1.807) is 18.2 Å². The molecule has 0 spiro atoms. The molecule has 1 amide bonds. The molecular formula is C26H35N8O3+. The lowest BCUT2D eigenvalue weighted by Gasteiger charge is -2.25. The Kier molecular flexibility index (Phi) is 7.92. The van der Waals surface area contributed by atoms with Gasteiger partial charge in [-0.2, -0.15) is 0 Å². The van der Waals surface area contributed by atoms with Gasteiger partial charge < -0.3 is 42.7 Å². The van der Waals surface area contributed by atoms with Gasteiger partial charge in [-0.1, -0.05) is 13.0 Å². The van der Waals surface area contributed by atoms with Gasteiger partial charge in [-0.05, 0) is 42.7 Å². The maximum atomic E-state index is 13.0. The number of fused-ring (bicyclic) bond motifs is 1. The lowest BCUT2D eigenvalue weighted by atomic mass is 9.89. The molecule has 11 heteroatoms. The lowest BCUT2D eigenvalue weighted by Crippen LogP contribution is -2.51. The van der Waals surface area contributed by atoms with Crippen LogP contribution in [0.5, 0.6) is 5.75 Å². The number of allylic oxidation sites excluding steroid dienone is 2. The number of nitrogen functional groups attached to an aromatic ring is 1. The van der Waals surface area contributed by atoms with Gasteiger partial charge in [0, 0.05) is 30.5 Å². The Labute approximate surface area is 215 Å². The first-order valence-corrected chi connectivity index (χ1v) is 12.4. The lowest BCUT2D eigenvalue weighted by molar-refractivity contribution is -0.368. The van der Waals surface area contributed by atoms with Gasteiger partial charge >= 0.3 is 0 Å². The van der Waals surface area contributed by atoms with E-state index in [0.717, 1.165) is 30.6 Å². The van der Waals surface area contributed by atoms with Crippen molar-refractivity contribution in [3.63, 3.8) is 0 Å². The van der Waals surface area contributed by atoms with Crippen molar-refractivity contribution in [1.29, 1.82) is 5.41 Å². The number of nitrogens with two attached hydrogens (primary N) is 1. The summed E-state index contributed by atoms with van der Waals surface area (Å²) < 4.78 is 5.58. The van der Waals surface area contributed by atoms with E-state index >= 15 is 0 Å². The predicted molar refractivity (Wildman–Crippen MR) is 142 cm³/mol. The zero-order chi connectivity index (χ0) is 26.5. The van der Waals surface area contributed by atoms with Crippen molar-refractivity contribution in [1.82, 2.24) is 15.3 Å². The fourth-order valence-corrected chi connectivity index (χ4v) is 4.68. The molecule has 2 unspecified atom stereocenters. The molecule has 0 saturated carbocycles. The fraction of sp³-hybridized carbons (Fsp3) is 0.385. The van der Waals surface area contributed by atoms with Crippen LogP contribution in [0.4, 0.5) is 17.3 Å². The second-order valence-electron chi connectivity index (χ2n) is 9.21. The summed E-state index contributed by atoms with van der Waals surface area (Å²) in [5, 5.41) is 28.2. The van der Waals surface area contributed by atoms with Gasteiger partial charge in [-0.25, -0.2) is 9.97 Å². The van der Waals surface area contributed by atoms with E-state index in [9.17, 15) is 9.90 Å². The normalized spacial score (nSPS) is 19.1. The average Bonchev–Trinajstić information content (AvgIpc) is 3.32. The minimum absolute atomic E-state index is 0.163. The van der Waals surface area contributed by atoms with Crippen LogP contribution in [0.1, 0.15) is 37.3 Å². The Bertz CT molecular complexity index is 1240. The third-order valence-electron chi connectivity index (χ3n) is 6.73. The van der Waals surface area contributed by atoms with Crippen LogP contribution >= 0.6 is 0 Å². The van der Waals surface area contributed by atoms with Crippen LogP contribution < -0.4 is 27.4 Å². The van der Waals surface area contributed by atoms with Crippen molar-refractivity contribution in [2.24, 2.45) is 5.92 Å². The summed E-state index contributed by atoms with van der Waals surface area (Å²) in [4.78, 5) is 21.5. The molecule has 0 saturated heterocycles. The molecule has 37 heavy (non-hydrogen) atoms. The molecule has 0 bridgehead atoms. The van der Waals surface area contributed by atoms with Crippen molar-refractivity contribution >= 4 is 28.9 Å². The van der Waals surface area contributed by atoms with E-state index in [4.69, 9.17) is 15.9 Å². The fourth-order valence-electron chi connectivity index (χ4n) is 4.68. The van der Waals surface area contributed by atoms with Crippen LogP contribution in [-0.2, 0) is 16.0 Å². The van der Waals surface area contributed by atoms with Crippen LogP contribution in [0.15, 0.2) is 48.1 Å². The summed E-state index contributed by atoms with van der Waals surface area (Å²) in [6.07, 6.45) is 7.77. The number of phenolic OH excluding ortho intramolecular Hbond substituents is 1. The molecule has 2 heterocycles. The van der Waals surface area contributed by atoms with E-state index in [-0.39, 0.29) is 35.1 Å². The van der Waals surface area contributed by atoms with Crippen LogP contribution in [0.2, 0.25) is 0 Å². The predicted octanol–water partition coefficient (Wildman–Crippen LogP) is 1.54. The number of hydrogen-bond donors (Lipinski definition) is 7. The number of quaternary nitrogens is 1. The number of benzene rings is 1. The molecule has 0 radical (unpaired) electrons. The number of rotatable bonds is 10. The molecule has 1 aliphatic carbocycles. The standard InChI is InChI=1S/C26H34N8O3/c1-3-16(8-9-27)32-25-22(24(29)30-13-31-25)23(28)14-4-6-19(21(12-14)37-2)34-26(36)20-11-15-10-17(35)5-7-18(15)33-20/h5-7,10,12-14,16,20,28,33,35H,3-4,8-9,11,27H2,1-2H3,(H,34,36)(H3,29,30,31,32)/p+1/t14?,16?,20-/m1/s1. The highest BCUT2D eigenvalue weighted by Gasteiger charge is 2.30. The van der Waals surface area contributed by atoms with E-state index in [2.05, 4.69) is 38.6 Å². The first-order chi connectivity index (χ1) is 17.8. The van der Waals surface area contributed by atoms with Crippen LogP contribution in [0, 0.1) is 11.3 Å². The number of phenols is 1. The maximum Gasteiger partial charge on any atom is 0.247 e. The van der Waals surface area contributed by atoms with Crippen molar-refractivity contribution in [3.8, 4) is 5.75 Å². The number of amides is 1. The molecule has 3 atom stereocenters. The van der Waals surface area contributed by atoms with Crippen LogP contribution in [0.25, 0.3) is 0 Å². The van der Waals surface area contributed by atoms with Gasteiger partial charge in [0.05, 0.1) is 30.6 Å². The molecule has 4 rings (SSSR count). The minimum atomic E-state index is -0.466. The highest BCUT2D eigenvalue weighted by Crippen LogP contribution is 2.31. The van der Waals surface area contributed by atoms with Gasteiger partial charge in [0.1, 0.15) is 35.5 Å². The Morgan fingerprint density at radius 3 is 2.95 bits per heavy atom. The number of ether oxygens (including phenoxy) is 1. The van der Waals surface area contributed by atoms with Crippen molar-refractivity contribution in [3.05, 3.63) is 59.3 Å². The van der Waals surface area contributed by atoms with Gasteiger partial charge in [-0.15, -0.1) is 0 Å². The van der Waals surface area contributed by atoms with Gasteiger partial charge in [0.2, 0.25) is 5.91 Å². The highest BCUT2D eigenvalue weighted by atomic mass is 16.5. The number of carbonyl (C=O) groups is 1. The van der Waals surface area contributed by atoms with Gasteiger partial charge in [0.15, 0.2) is 0 Å². The molecule has 196 valence electrons. The second kappa shape index (κ2) is 11.3. The van der Waals surface area contributed by atoms with Gasteiger partial charge in [-0.3, -0.25) is 4.79 Å². The maximum absolute atomic E-state index is 13.0. The molecule has 11 nitrogen and oxygen atoms in total. The average molecular weight is 508 g/mol. The Hall–Kier alpha value is -4.12. The zero-order valence-electron chi connectivity index (χ0n) is 21.2. The quantitative estimate of drug-likeness (QED) is 0.186. The number of aromatic nitrogens is 2. The molecule has 2 aliphatic rings. The summed E-state index contributed by atoms with van der Waals surface area (Å²) in [7, 11) is 1.53. The van der Waals surface area contributed by atoms with Crippen LogP contribution in [-0.4, -0.2) is 52.4 Å². The summed E-state index contributed by atoms with van der Waals surface area (Å²) in [5.41, 5.74) is 13.2. The summed E-state index contributed by atoms with van der Waals surface area (Å²) in [6, 6.07) is 4.71. The molecule has 0 fully saturated rings. The third-order valence-corrected chi connectivity index (χ3v) is 6.73. The molecule has 2 aromatic rings. The van der Waals surface area contributed by atoms with E-state index in [0.29, 0.717) is 35.7 Å².